The molecule has 1 aliphatic carbocycles. The fourth-order valence-corrected chi connectivity index (χ4v) is 2.62. The molecule has 0 saturated heterocycles. The van der Waals surface area contributed by atoms with E-state index in [1.54, 1.807) is 6.92 Å². The molecule has 5 heteroatoms. The Hall–Kier alpha value is -0.130. The molecule has 0 radical (unpaired) electrons. The summed E-state index contributed by atoms with van der Waals surface area (Å²) in [7, 11) is -3.03. The number of hydrogen-bond donors (Lipinski definition) is 2. The zero-order valence-electron chi connectivity index (χ0n) is 7.99. The first-order valence-electron chi connectivity index (χ1n) is 4.77. The van der Waals surface area contributed by atoms with Crippen LogP contribution in [0.4, 0.5) is 0 Å². The highest BCUT2D eigenvalue weighted by molar-refractivity contribution is 7.89. The summed E-state index contributed by atoms with van der Waals surface area (Å²) in [5, 5.41) is 0. The monoisotopic (exact) mass is 206 g/mol. The van der Waals surface area contributed by atoms with Gasteiger partial charge < -0.3 is 5.73 Å². The predicted octanol–water partition coefficient (Wildman–Crippen LogP) is 0.0531. The quantitative estimate of drug-likeness (QED) is 0.683. The molecule has 0 aromatic heterocycles. The van der Waals surface area contributed by atoms with Gasteiger partial charge >= 0.3 is 0 Å². The van der Waals surface area contributed by atoms with Gasteiger partial charge in [0.2, 0.25) is 10.0 Å². The lowest BCUT2D eigenvalue weighted by Crippen LogP contribution is -2.34. The van der Waals surface area contributed by atoms with Crippen molar-refractivity contribution in [2.75, 3.05) is 12.3 Å². The Kier molecular flexibility index (Phi) is 3.70. The maximum absolute atomic E-state index is 11.2. The van der Waals surface area contributed by atoms with Crippen LogP contribution in [0.2, 0.25) is 0 Å². The molecule has 13 heavy (non-hydrogen) atoms. The minimum atomic E-state index is -3.03. The first-order chi connectivity index (χ1) is 6.07. The minimum Gasteiger partial charge on any atom is -0.330 e. The van der Waals surface area contributed by atoms with E-state index in [9.17, 15) is 8.42 Å². The highest BCUT2D eigenvalue weighted by atomic mass is 32.2. The van der Waals surface area contributed by atoms with Gasteiger partial charge in [0.1, 0.15) is 0 Å². The molecule has 1 fully saturated rings. The highest BCUT2D eigenvalue weighted by Gasteiger charge is 2.26. The van der Waals surface area contributed by atoms with E-state index in [1.165, 1.54) is 0 Å². The molecule has 2 atom stereocenters. The van der Waals surface area contributed by atoms with Gasteiger partial charge in [-0.3, -0.25) is 0 Å². The van der Waals surface area contributed by atoms with E-state index in [1.807, 2.05) is 0 Å². The summed E-state index contributed by atoms with van der Waals surface area (Å²) < 4.78 is 25.1. The van der Waals surface area contributed by atoms with Crippen LogP contribution in [0.5, 0.6) is 0 Å². The summed E-state index contributed by atoms with van der Waals surface area (Å²) in [6.45, 7) is 2.32. The Morgan fingerprint density at radius 2 is 2.15 bits per heavy atom. The second-order valence-electron chi connectivity index (χ2n) is 3.63. The minimum absolute atomic E-state index is 0.124. The first-order valence-corrected chi connectivity index (χ1v) is 6.42. The second kappa shape index (κ2) is 4.39. The Morgan fingerprint density at radius 1 is 1.46 bits per heavy atom. The van der Waals surface area contributed by atoms with E-state index < -0.39 is 10.0 Å². The molecule has 1 aliphatic rings. The van der Waals surface area contributed by atoms with Crippen molar-refractivity contribution in [2.45, 2.75) is 32.2 Å². The third-order valence-corrected chi connectivity index (χ3v) is 4.05. The Balaban J connectivity index is 2.40. The van der Waals surface area contributed by atoms with Gasteiger partial charge in [-0.25, -0.2) is 13.1 Å². The summed E-state index contributed by atoms with van der Waals surface area (Å²) in [5.41, 5.74) is 5.52. The smallest absolute Gasteiger partial charge is 0.211 e. The zero-order valence-corrected chi connectivity index (χ0v) is 8.81. The van der Waals surface area contributed by atoms with Crippen molar-refractivity contribution in [3.63, 3.8) is 0 Å². The average Bonchev–Trinajstić information content (AvgIpc) is 2.52. The van der Waals surface area contributed by atoms with E-state index in [2.05, 4.69) is 4.72 Å². The van der Waals surface area contributed by atoms with Gasteiger partial charge in [0.25, 0.3) is 0 Å². The molecule has 3 N–H and O–H groups in total. The van der Waals surface area contributed by atoms with Crippen molar-refractivity contribution < 1.29 is 8.42 Å². The van der Waals surface area contributed by atoms with Crippen LogP contribution in [0.3, 0.4) is 0 Å². The largest absolute Gasteiger partial charge is 0.330 e. The van der Waals surface area contributed by atoms with E-state index in [0.717, 1.165) is 19.3 Å². The van der Waals surface area contributed by atoms with Crippen LogP contribution in [0.15, 0.2) is 0 Å². The summed E-state index contributed by atoms with van der Waals surface area (Å²) >= 11 is 0. The molecule has 0 unspecified atom stereocenters. The molecular weight excluding hydrogens is 188 g/mol. The number of nitrogens with two attached hydrogens (primary N) is 1. The first kappa shape index (κ1) is 10.9. The SMILES string of the molecule is CCS(=O)(=O)N[C@@H]1CC[C@H](CN)C1. The number of hydrogen-bond acceptors (Lipinski definition) is 3. The maximum atomic E-state index is 11.2. The van der Waals surface area contributed by atoms with Gasteiger partial charge in [-0.15, -0.1) is 0 Å². The lowest BCUT2D eigenvalue weighted by atomic mass is 10.1. The van der Waals surface area contributed by atoms with E-state index in [4.69, 9.17) is 5.73 Å². The molecule has 0 amide bonds. The van der Waals surface area contributed by atoms with Crippen molar-refractivity contribution in [3.8, 4) is 0 Å². The number of nitrogens with one attached hydrogen (secondary N) is 1. The molecule has 0 bridgehead atoms. The molecule has 1 saturated carbocycles. The van der Waals surface area contributed by atoms with E-state index in [-0.39, 0.29) is 11.8 Å². The maximum Gasteiger partial charge on any atom is 0.211 e. The average molecular weight is 206 g/mol. The standard InChI is InChI=1S/C8H18N2O2S/c1-2-13(11,12)10-8-4-3-7(5-8)6-9/h7-8,10H,2-6,9H2,1H3/t7-,8+/m0/s1. The van der Waals surface area contributed by atoms with Gasteiger partial charge in [0.05, 0.1) is 5.75 Å². The van der Waals surface area contributed by atoms with Crippen molar-refractivity contribution in [2.24, 2.45) is 11.7 Å². The molecule has 78 valence electrons. The number of sulfonamides is 1. The second-order valence-corrected chi connectivity index (χ2v) is 5.68. The van der Waals surface area contributed by atoms with Crippen LogP contribution in [-0.4, -0.2) is 26.8 Å². The van der Waals surface area contributed by atoms with E-state index in [0.29, 0.717) is 12.5 Å². The van der Waals surface area contributed by atoms with Crippen molar-refractivity contribution >= 4 is 10.0 Å². The van der Waals surface area contributed by atoms with Gasteiger partial charge in [-0.1, -0.05) is 0 Å². The van der Waals surface area contributed by atoms with Crippen LogP contribution in [0, 0.1) is 5.92 Å². The molecular formula is C8H18N2O2S. The normalized spacial score (nSPS) is 29.4. The van der Waals surface area contributed by atoms with Gasteiger partial charge in [0.15, 0.2) is 0 Å². The topological polar surface area (TPSA) is 72.2 Å². The molecule has 0 aromatic rings. The molecule has 1 rings (SSSR count). The van der Waals surface area contributed by atoms with Crippen molar-refractivity contribution in [3.05, 3.63) is 0 Å². The molecule has 4 nitrogen and oxygen atoms in total. The summed E-state index contributed by atoms with van der Waals surface area (Å²) in [5.74, 6) is 0.668. The fraction of sp³-hybridized carbons (Fsp3) is 1.00. The van der Waals surface area contributed by atoms with Crippen LogP contribution in [0.1, 0.15) is 26.2 Å². The van der Waals surface area contributed by atoms with Gasteiger partial charge in [-0.05, 0) is 38.6 Å². The molecule has 0 aromatic carbocycles. The Morgan fingerprint density at radius 3 is 2.62 bits per heavy atom. The lowest BCUT2D eigenvalue weighted by molar-refractivity contribution is 0.523. The van der Waals surface area contributed by atoms with Crippen LogP contribution in [-0.2, 0) is 10.0 Å². The van der Waals surface area contributed by atoms with E-state index >= 15 is 0 Å². The number of rotatable bonds is 4. The van der Waals surface area contributed by atoms with Gasteiger partial charge in [-0.2, -0.15) is 0 Å². The van der Waals surface area contributed by atoms with Crippen molar-refractivity contribution in [1.82, 2.24) is 4.72 Å². The summed E-state index contributed by atoms with van der Waals surface area (Å²) in [6, 6.07) is 0.124. The van der Waals surface area contributed by atoms with Gasteiger partial charge in [0, 0.05) is 6.04 Å². The molecule has 0 heterocycles. The van der Waals surface area contributed by atoms with Crippen LogP contribution in [0.25, 0.3) is 0 Å². The Labute approximate surface area is 79.9 Å². The van der Waals surface area contributed by atoms with Crippen LogP contribution < -0.4 is 10.5 Å². The predicted molar refractivity (Wildman–Crippen MR) is 52.8 cm³/mol. The van der Waals surface area contributed by atoms with Crippen molar-refractivity contribution in [1.29, 1.82) is 0 Å². The third-order valence-electron chi connectivity index (χ3n) is 2.60. The van der Waals surface area contributed by atoms with Crippen LogP contribution >= 0.6 is 0 Å². The molecule has 0 aliphatic heterocycles. The highest BCUT2D eigenvalue weighted by Crippen LogP contribution is 2.24. The third kappa shape index (κ3) is 3.25. The fourth-order valence-electron chi connectivity index (χ4n) is 1.73. The zero-order chi connectivity index (χ0) is 9.90. The summed E-state index contributed by atoms with van der Waals surface area (Å²) in [4.78, 5) is 0. The molecule has 0 spiro atoms. The lowest BCUT2D eigenvalue weighted by Gasteiger charge is -2.11. The Bertz CT molecular complexity index is 251. The summed E-state index contributed by atoms with van der Waals surface area (Å²) in [6.07, 6.45) is 2.88.